The smallest absolute Gasteiger partial charge is 0.185 e. The molecule has 0 fully saturated rings. The van der Waals surface area contributed by atoms with Crippen molar-refractivity contribution in [1.82, 2.24) is 5.32 Å². The van der Waals surface area contributed by atoms with E-state index in [9.17, 15) is 4.79 Å². The highest BCUT2D eigenvalue weighted by molar-refractivity contribution is 5.85. The molecule has 0 aromatic carbocycles. The summed E-state index contributed by atoms with van der Waals surface area (Å²) in [6, 6.07) is -0.376. The molecule has 0 saturated heterocycles. The van der Waals surface area contributed by atoms with Crippen molar-refractivity contribution < 1.29 is 4.79 Å². The van der Waals surface area contributed by atoms with Crippen molar-refractivity contribution in [1.29, 1.82) is 5.41 Å². The summed E-state index contributed by atoms with van der Waals surface area (Å²) < 4.78 is 0. The Labute approximate surface area is 97.5 Å². The van der Waals surface area contributed by atoms with Crippen LogP contribution in [0.25, 0.3) is 0 Å². The Morgan fingerprint density at radius 3 is 2.38 bits per heavy atom. The van der Waals surface area contributed by atoms with Crippen molar-refractivity contribution in [2.45, 2.75) is 45.6 Å². The lowest BCUT2D eigenvalue weighted by Crippen LogP contribution is -2.37. The molecule has 0 heterocycles. The quantitative estimate of drug-likeness (QED) is 0.277. The Bertz CT molecular complexity index is 226. The lowest BCUT2D eigenvalue weighted by molar-refractivity contribution is -0.124. The van der Waals surface area contributed by atoms with Gasteiger partial charge in [0.1, 0.15) is 0 Å². The number of hydrogen-bond donors (Lipinski definition) is 4. The van der Waals surface area contributed by atoms with Crippen LogP contribution in [0.5, 0.6) is 0 Å². The van der Waals surface area contributed by atoms with Crippen LogP contribution in [0.2, 0.25) is 0 Å². The summed E-state index contributed by atoms with van der Waals surface area (Å²) in [5.74, 6) is 0.212. The van der Waals surface area contributed by atoms with Crippen LogP contribution in [-0.4, -0.2) is 24.3 Å². The summed E-state index contributed by atoms with van der Waals surface area (Å²) in [7, 11) is 0. The molecule has 0 aromatic heterocycles. The van der Waals surface area contributed by atoms with E-state index in [4.69, 9.17) is 16.9 Å². The van der Waals surface area contributed by atoms with Gasteiger partial charge in [-0.25, -0.2) is 0 Å². The maximum Gasteiger partial charge on any atom is 0.185 e. The lowest BCUT2D eigenvalue weighted by Gasteiger charge is -2.17. The molecule has 6 N–H and O–H groups in total. The van der Waals surface area contributed by atoms with Crippen LogP contribution in [-0.2, 0) is 4.79 Å². The van der Waals surface area contributed by atoms with Gasteiger partial charge < -0.3 is 16.8 Å². The summed E-state index contributed by atoms with van der Waals surface area (Å²) in [5.41, 5.74) is 11.0. The molecule has 94 valence electrons. The Balaban J connectivity index is 3.82. The van der Waals surface area contributed by atoms with E-state index < -0.39 is 0 Å². The van der Waals surface area contributed by atoms with E-state index in [1.54, 1.807) is 0 Å². The second-order valence-electron chi connectivity index (χ2n) is 4.00. The standard InChI is InChI=1S/C11H24N4O/c1-3-8(4-2)10(16)9(12)6-5-7-15-11(13)14/h8-9H,3-7,12H2,1-2H3,(H4,13,14,15)/t9-/m1/s1. The van der Waals surface area contributed by atoms with Crippen LogP contribution < -0.4 is 16.8 Å². The second-order valence-corrected chi connectivity index (χ2v) is 4.00. The monoisotopic (exact) mass is 228 g/mol. The van der Waals surface area contributed by atoms with Gasteiger partial charge in [0, 0.05) is 12.5 Å². The molecule has 0 radical (unpaired) electrons. The zero-order valence-electron chi connectivity index (χ0n) is 10.3. The average molecular weight is 228 g/mol. The predicted molar refractivity (Wildman–Crippen MR) is 66.2 cm³/mol. The summed E-state index contributed by atoms with van der Waals surface area (Å²) in [6.45, 7) is 4.62. The molecular formula is C11H24N4O. The van der Waals surface area contributed by atoms with Crippen LogP contribution in [0.3, 0.4) is 0 Å². The van der Waals surface area contributed by atoms with E-state index in [-0.39, 0.29) is 23.7 Å². The summed E-state index contributed by atoms with van der Waals surface area (Å²) >= 11 is 0. The van der Waals surface area contributed by atoms with E-state index in [0.717, 1.165) is 19.3 Å². The van der Waals surface area contributed by atoms with Crippen molar-refractivity contribution >= 4 is 11.7 Å². The molecule has 5 nitrogen and oxygen atoms in total. The number of Topliss-reactive ketones (excluding diaryl/α,β-unsaturated/α-hetero) is 1. The highest BCUT2D eigenvalue weighted by Crippen LogP contribution is 2.12. The molecule has 0 bridgehead atoms. The number of ketones is 1. The number of nitrogens with one attached hydrogen (secondary N) is 2. The summed E-state index contributed by atoms with van der Waals surface area (Å²) in [4.78, 5) is 11.8. The van der Waals surface area contributed by atoms with Gasteiger partial charge in [-0.2, -0.15) is 0 Å². The molecule has 1 atom stereocenters. The van der Waals surface area contributed by atoms with Crippen LogP contribution in [0.1, 0.15) is 39.5 Å². The van der Waals surface area contributed by atoms with Gasteiger partial charge in [-0.1, -0.05) is 13.8 Å². The fraction of sp³-hybridized carbons (Fsp3) is 0.818. The van der Waals surface area contributed by atoms with Crippen LogP contribution in [0.15, 0.2) is 0 Å². The highest BCUT2D eigenvalue weighted by atomic mass is 16.1. The third-order valence-electron chi connectivity index (χ3n) is 2.76. The van der Waals surface area contributed by atoms with Crippen LogP contribution in [0, 0.1) is 11.3 Å². The van der Waals surface area contributed by atoms with Gasteiger partial charge in [-0.05, 0) is 25.7 Å². The number of carbonyl (C=O) groups is 1. The maximum absolute atomic E-state index is 11.8. The first kappa shape index (κ1) is 14.9. The minimum atomic E-state index is -0.376. The van der Waals surface area contributed by atoms with Gasteiger partial charge in [0.2, 0.25) is 0 Å². The van der Waals surface area contributed by atoms with Gasteiger partial charge in [0.25, 0.3) is 0 Å². The van der Waals surface area contributed by atoms with Gasteiger partial charge in [0.15, 0.2) is 11.7 Å². The summed E-state index contributed by atoms with van der Waals surface area (Å²) in [6.07, 6.45) is 3.12. The molecule has 5 heteroatoms. The molecule has 0 amide bonds. The number of nitrogens with two attached hydrogens (primary N) is 2. The highest BCUT2D eigenvalue weighted by Gasteiger charge is 2.20. The van der Waals surface area contributed by atoms with E-state index >= 15 is 0 Å². The first-order valence-corrected chi connectivity index (χ1v) is 5.90. The van der Waals surface area contributed by atoms with Crippen molar-refractivity contribution in [2.75, 3.05) is 6.54 Å². The van der Waals surface area contributed by atoms with Crippen LogP contribution in [0.4, 0.5) is 0 Å². The topological polar surface area (TPSA) is 105 Å². The van der Waals surface area contributed by atoms with Gasteiger partial charge in [-0.15, -0.1) is 0 Å². The number of carbonyl (C=O) groups excluding carboxylic acids is 1. The van der Waals surface area contributed by atoms with Crippen molar-refractivity contribution in [3.8, 4) is 0 Å². The molecule has 0 rings (SSSR count). The number of guanidine groups is 1. The normalized spacial score (nSPS) is 12.5. The van der Waals surface area contributed by atoms with Crippen molar-refractivity contribution in [3.05, 3.63) is 0 Å². The van der Waals surface area contributed by atoms with Gasteiger partial charge >= 0.3 is 0 Å². The molecule has 0 saturated carbocycles. The van der Waals surface area contributed by atoms with Gasteiger partial charge in [0.05, 0.1) is 6.04 Å². The lowest BCUT2D eigenvalue weighted by atomic mass is 9.91. The Hall–Kier alpha value is -1.10. The third-order valence-corrected chi connectivity index (χ3v) is 2.76. The van der Waals surface area contributed by atoms with E-state index in [0.29, 0.717) is 13.0 Å². The number of rotatable bonds is 8. The molecule has 0 aliphatic heterocycles. The molecule has 0 aliphatic carbocycles. The minimum Gasteiger partial charge on any atom is -0.370 e. The van der Waals surface area contributed by atoms with Gasteiger partial charge in [-0.3, -0.25) is 10.2 Å². The Kier molecular flexibility index (Phi) is 7.54. The first-order chi connectivity index (χ1) is 7.52. The largest absolute Gasteiger partial charge is 0.370 e. The molecule has 16 heavy (non-hydrogen) atoms. The number of hydrogen-bond acceptors (Lipinski definition) is 3. The fourth-order valence-corrected chi connectivity index (χ4v) is 1.68. The Morgan fingerprint density at radius 1 is 1.38 bits per heavy atom. The Morgan fingerprint density at radius 2 is 1.94 bits per heavy atom. The SMILES string of the molecule is CCC(CC)C(=O)[C@H](N)CCCNC(=N)N. The fourth-order valence-electron chi connectivity index (χ4n) is 1.68. The van der Waals surface area contributed by atoms with Crippen molar-refractivity contribution in [2.24, 2.45) is 17.4 Å². The van der Waals surface area contributed by atoms with Crippen molar-refractivity contribution in [3.63, 3.8) is 0 Å². The molecule has 0 aromatic rings. The second kappa shape index (κ2) is 8.10. The van der Waals surface area contributed by atoms with E-state index in [2.05, 4.69) is 5.32 Å². The van der Waals surface area contributed by atoms with E-state index in [1.807, 2.05) is 13.8 Å². The van der Waals surface area contributed by atoms with E-state index in [1.165, 1.54) is 0 Å². The molecule has 0 spiro atoms. The maximum atomic E-state index is 11.8. The third kappa shape index (κ3) is 5.70. The first-order valence-electron chi connectivity index (χ1n) is 5.90. The minimum absolute atomic E-state index is 0.0418. The predicted octanol–water partition coefficient (Wildman–Crippen LogP) is 0.582. The average Bonchev–Trinajstić information content (AvgIpc) is 2.25. The zero-order valence-corrected chi connectivity index (χ0v) is 10.3. The molecular weight excluding hydrogens is 204 g/mol. The molecule has 0 aliphatic rings. The van der Waals surface area contributed by atoms with Crippen LogP contribution >= 0.6 is 0 Å². The zero-order chi connectivity index (χ0) is 12.6. The summed E-state index contributed by atoms with van der Waals surface area (Å²) in [5, 5.41) is 9.65. The molecule has 0 unspecified atom stereocenters.